The second kappa shape index (κ2) is 7.53. The van der Waals surface area contributed by atoms with Crippen LogP contribution >= 0.6 is 23.2 Å². The van der Waals surface area contributed by atoms with Crippen LogP contribution in [0.5, 0.6) is 0 Å². The molecule has 0 fully saturated rings. The Bertz CT molecular complexity index is 586. The lowest BCUT2D eigenvalue weighted by molar-refractivity contribution is -0.116. The van der Waals surface area contributed by atoms with E-state index in [0.717, 1.165) is 0 Å². The van der Waals surface area contributed by atoms with Crippen molar-refractivity contribution in [3.63, 3.8) is 0 Å². The monoisotopic (exact) mass is 312 g/mol. The quantitative estimate of drug-likeness (QED) is 0.686. The molecule has 1 aromatic carbocycles. The first-order valence-electron chi connectivity index (χ1n) is 5.53. The summed E-state index contributed by atoms with van der Waals surface area (Å²) in [5.41, 5.74) is 0.0134. The number of imide groups is 1. The van der Waals surface area contributed by atoms with Crippen LogP contribution < -0.4 is 5.32 Å². The van der Waals surface area contributed by atoms with Gasteiger partial charge in [-0.05, 0) is 25.1 Å². The number of hydrogen-bond donors (Lipinski definition) is 1. The third-order valence-electron chi connectivity index (χ3n) is 2.14. The molecule has 0 aromatic heterocycles. The third kappa shape index (κ3) is 4.26. The van der Waals surface area contributed by atoms with Crippen molar-refractivity contribution in [2.24, 2.45) is 0 Å². The van der Waals surface area contributed by atoms with Gasteiger partial charge in [-0.2, -0.15) is 5.26 Å². The highest BCUT2D eigenvalue weighted by molar-refractivity contribution is 6.37. The first-order chi connectivity index (χ1) is 9.49. The molecule has 0 aliphatic rings. The van der Waals surface area contributed by atoms with E-state index in [-0.39, 0.29) is 22.2 Å². The van der Waals surface area contributed by atoms with E-state index >= 15 is 0 Å². The van der Waals surface area contributed by atoms with Gasteiger partial charge in [0.25, 0.3) is 5.91 Å². The lowest BCUT2D eigenvalue weighted by Crippen LogP contribution is -2.31. The second-order valence-electron chi connectivity index (χ2n) is 3.48. The Morgan fingerprint density at radius 2 is 2.00 bits per heavy atom. The van der Waals surface area contributed by atoms with Crippen LogP contribution in [0.25, 0.3) is 6.08 Å². The van der Waals surface area contributed by atoms with Gasteiger partial charge in [-0.15, -0.1) is 0 Å². The molecule has 20 heavy (non-hydrogen) atoms. The molecule has 5 nitrogen and oxygen atoms in total. The number of rotatable bonds is 3. The van der Waals surface area contributed by atoms with Crippen LogP contribution in [0.15, 0.2) is 23.8 Å². The smallest absolute Gasteiger partial charge is 0.414 e. The average Bonchev–Trinajstić information content (AvgIpc) is 2.38. The molecule has 7 heteroatoms. The summed E-state index contributed by atoms with van der Waals surface area (Å²) in [6.45, 7) is 1.70. The number of halogens is 2. The summed E-state index contributed by atoms with van der Waals surface area (Å²) in [6.07, 6.45) is 0.281. The van der Waals surface area contributed by atoms with Gasteiger partial charge in [0, 0.05) is 15.6 Å². The molecule has 1 aromatic rings. The zero-order chi connectivity index (χ0) is 15.1. The number of nitrogens with one attached hydrogen (secondary N) is 1. The average molecular weight is 313 g/mol. The highest BCUT2D eigenvalue weighted by Crippen LogP contribution is 2.26. The van der Waals surface area contributed by atoms with Crippen molar-refractivity contribution in [2.45, 2.75) is 6.92 Å². The van der Waals surface area contributed by atoms with E-state index in [1.807, 2.05) is 5.32 Å². The first-order valence-corrected chi connectivity index (χ1v) is 6.29. The molecule has 104 valence electrons. The topological polar surface area (TPSA) is 79.2 Å². The van der Waals surface area contributed by atoms with E-state index in [4.69, 9.17) is 28.5 Å². The second-order valence-corrected chi connectivity index (χ2v) is 4.29. The van der Waals surface area contributed by atoms with Gasteiger partial charge in [-0.1, -0.05) is 29.3 Å². The van der Waals surface area contributed by atoms with Crippen molar-refractivity contribution in [3.8, 4) is 6.07 Å². The van der Waals surface area contributed by atoms with E-state index in [1.165, 1.54) is 6.08 Å². The highest BCUT2D eigenvalue weighted by Gasteiger charge is 2.15. The van der Waals surface area contributed by atoms with Crippen molar-refractivity contribution >= 4 is 41.3 Å². The van der Waals surface area contributed by atoms with Gasteiger partial charge >= 0.3 is 6.09 Å². The minimum atomic E-state index is -0.927. The summed E-state index contributed by atoms with van der Waals surface area (Å²) in [4.78, 5) is 22.8. The fourth-order valence-corrected chi connectivity index (χ4v) is 1.78. The molecule has 0 heterocycles. The molecule has 1 rings (SSSR count). The lowest BCUT2D eigenvalue weighted by Gasteiger charge is -2.04. The van der Waals surface area contributed by atoms with E-state index in [0.29, 0.717) is 5.56 Å². The number of ether oxygens (including phenoxy) is 1. The van der Waals surface area contributed by atoms with Gasteiger partial charge in [0.2, 0.25) is 0 Å². The standard InChI is InChI=1S/C13H10Cl2N2O3/c1-2-20-13(19)17-12(18)8(7-16)6-9-10(14)4-3-5-11(9)15/h3-6H,2H2,1H3,(H,17,18,19)/b8-6+. The van der Waals surface area contributed by atoms with Crippen molar-refractivity contribution < 1.29 is 14.3 Å². The molecule has 0 unspecified atom stereocenters. The van der Waals surface area contributed by atoms with Crippen LogP contribution in [0.4, 0.5) is 4.79 Å². The number of alkyl carbamates (subject to hydrolysis) is 1. The van der Waals surface area contributed by atoms with Crippen molar-refractivity contribution in [3.05, 3.63) is 39.4 Å². The molecule has 0 radical (unpaired) electrons. The zero-order valence-electron chi connectivity index (χ0n) is 10.4. The van der Waals surface area contributed by atoms with E-state index in [9.17, 15) is 9.59 Å². The van der Waals surface area contributed by atoms with Gasteiger partial charge in [0.15, 0.2) is 0 Å². The highest BCUT2D eigenvalue weighted by atomic mass is 35.5. The van der Waals surface area contributed by atoms with Gasteiger partial charge in [0.05, 0.1) is 6.61 Å². The Morgan fingerprint density at radius 1 is 1.40 bits per heavy atom. The predicted molar refractivity (Wildman–Crippen MR) is 75.2 cm³/mol. The summed E-state index contributed by atoms with van der Waals surface area (Å²) in [5, 5.41) is 11.5. The number of carbonyl (C=O) groups excluding carboxylic acids is 2. The molecule has 0 atom stereocenters. The Morgan fingerprint density at radius 3 is 2.50 bits per heavy atom. The Kier molecular flexibility index (Phi) is 6.04. The summed E-state index contributed by atoms with van der Waals surface area (Å²) >= 11 is 11.9. The predicted octanol–water partition coefficient (Wildman–Crippen LogP) is 3.17. The molecule has 1 N–H and O–H groups in total. The molecule has 0 aliphatic carbocycles. The van der Waals surface area contributed by atoms with Crippen molar-refractivity contribution in [1.82, 2.24) is 5.32 Å². The van der Waals surface area contributed by atoms with Gasteiger partial charge in [-0.25, -0.2) is 4.79 Å². The third-order valence-corrected chi connectivity index (χ3v) is 2.80. The summed E-state index contributed by atoms with van der Waals surface area (Å²) in [6, 6.07) is 6.44. The minimum absolute atomic E-state index is 0.112. The molecule has 0 bridgehead atoms. The molecule has 0 spiro atoms. The van der Waals surface area contributed by atoms with Crippen LogP contribution in [-0.2, 0) is 9.53 Å². The van der Waals surface area contributed by atoms with E-state index in [2.05, 4.69) is 4.74 Å². The molecule has 0 saturated carbocycles. The van der Waals surface area contributed by atoms with Crippen LogP contribution in [0, 0.1) is 11.3 Å². The van der Waals surface area contributed by atoms with Crippen LogP contribution in [0.1, 0.15) is 12.5 Å². The molecular formula is C13H10Cl2N2O3. The number of nitriles is 1. The number of hydrogen-bond acceptors (Lipinski definition) is 4. The Hall–Kier alpha value is -2.03. The van der Waals surface area contributed by atoms with E-state index in [1.54, 1.807) is 31.2 Å². The summed E-state index contributed by atoms with van der Waals surface area (Å²) in [7, 11) is 0. The fourth-order valence-electron chi connectivity index (χ4n) is 1.27. The molecule has 0 aliphatic heterocycles. The SMILES string of the molecule is CCOC(=O)NC(=O)/C(C#N)=C/c1c(Cl)cccc1Cl. The largest absolute Gasteiger partial charge is 0.450 e. The molecule has 0 saturated heterocycles. The number of carbonyl (C=O) groups is 2. The van der Waals surface area contributed by atoms with Crippen molar-refractivity contribution in [2.75, 3.05) is 6.61 Å². The van der Waals surface area contributed by atoms with Gasteiger partial charge in [-0.3, -0.25) is 10.1 Å². The normalized spacial score (nSPS) is 10.6. The van der Waals surface area contributed by atoms with Crippen LogP contribution in [0.2, 0.25) is 10.0 Å². The van der Waals surface area contributed by atoms with Gasteiger partial charge < -0.3 is 4.74 Å². The lowest BCUT2D eigenvalue weighted by atomic mass is 10.1. The van der Waals surface area contributed by atoms with Crippen LogP contribution in [0.3, 0.4) is 0 Å². The number of nitrogens with zero attached hydrogens (tertiary/aromatic N) is 1. The Balaban J connectivity index is 3.02. The summed E-state index contributed by atoms with van der Waals surface area (Å²) < 4.78 is 4.55. The first kappa shape index (κ1) is 16.0. The number of amides is 2. The minimum Gasteiger partial charge on any atom is -0.450 e. The zero-order valence-corrected chi connectivity index (χ0v) is 12.0. The molecular weight excluding hydrogens is 303 g/mol. The maximum atomic E-state index is 11.7. The van der Waals surface area contributed by atoms with Crippen molar-refractivity contribution in [1.29, 1.82) is 5.26 Å². The van der Waals surface area contributed by atoms with Gasteiger partial charge in [0.1, 0.15) is 11.6 Å². The maximum Gasteiger partial charge on any atom is 0.414 e. The molecule has 2 amide bonds. The fraction of sp³-hybridized carbons (Fsp3) is 0.154. The number of benzene rings is 1. The maximum absolute atomic E-state index is 11.7. The van der Waals surface area contributed by atoms with E-state index < -0.39 is 12.0 Å². The Labute approximate surface area is 125 Å². The van der Waals surface area contributed by atoms with Crippen LogP contribution in [-0.4, -0.2) is 18.6 Å². The summed E-state index contributed by atoms with van der Waals surface area (Å²) in [5.74, 6) is -0.887.